The van der Waals surface area contributed by atoms with Gasteiger partial charge in [0.25, 0.3) is 0 Å². The topological polar surface area (TPSA) is 57.4 Å². The molecule has 6 nitrogen and oxygen atoms in total. The van der Waals surface area contributed by atoms with E-state index in [1.54, 1.807) is 6.33 Å². The van der Waals surface area contributed by atoms with Crippen LogP contribution in [-0.4, -0.2) is 69.0 Å². The first-order chi connectivity index (χ1) is 11.8. The molecule has 1 fully saturated rings. The van der Waals surface area contributed by atoms with Gasteiger partial charge in [0.2, 0.25) is 0 Å². The van der Waals surface area contributed by atoms with Crippen LogP contribution >= 0.6 is 0 Å². The highest BCUT2D eigenvalue weighted by atomic mass is 16.3. The first kappa shape index (κ1) is 17.1. The van der Waals surface area contributed by atoms with Crippen molar-refractivity contribution >= 4 is 0 Å². The lowest BCUT2D eigenvalue weighted by molar-refractivity contribution is 0.116. The number of aliphatic hydroxyl groups is 1. The number of piperidine rings is 1. The molecule has 0 amide bonds. The van der Waals surface area contributed by atoms with Crippen LogP contribution in [0.2, 0.25) is 0 Å². The Hall–Kier alpha value is -1.76. The number of aliphatic hydroxyl groups excluding tert-OH is 1. The molecule has 0 aliphatic carbocycles. The second kappa shape index (κ2) is 8.37. The van der Waals surface area contributed by atoms with Crippen LogP contribution in [-0.2, 0) is 6.54 Å². The molecule has 1 aromatic carbocycles. The minimum absolute atomic E-state index is 0.277. The van der Waals surface area contributed by atoms with Crippen molar-refractivity contribution in [3.05, 3.63) is 42.5 Å². The van der Waals surface area contributed by atoms with Crippen LogP contribution in [0.15, 0.2) is 36.7 Å². The van der Waals surface area contributed by atoms with Gasteiger partial charge in [0.15, 0.2) is 5.82 Å². The zero-order chi connectivity index (χ0) is 16.8. The molecule has 0 saturated carbocycles. The predicted octanol–water partition coefficient (Wildman–Crippen LogP) is 1.55. The molecule has 0 atom stereocenters. The summed E-state index contributed by atoms with van der Waals surface area (Å²) in [5.41, 5.74) is 1.04. The highest BCUT2D eigenvalue weighted by Gasteiger charge is 2.22. The Morgan fingerprint density at radius 1 is 1.21 bits per heavy atom. The van der Waals surface area contributed by atoms with Crippen LogP contribution in [0.4, 0.5) is 0 Å². The number of likely N-dealkylation sites (tertiary alicyclic amines) is 1. The van der Waals surface area contributed by atoms with Gasteiger partial charge in [0, 0.05) is 32.3 Å². The van der Waals surface area contributed by atoms with E-state index in [0.717, 1.165) is 44.1 Å². The van der Waals surface area contributed by atoms with Crippen molar-refractivity contribution in [2.45, 2.75) is 31.8 Å². The Morgan fingerprint density at radius 2 is 1.96 bits per heavy atom. The Bertz CT molecular complexity index is 607. The normalized spacial score (nSPS) is 16.8. The fourth-order valence-corrected chi connectivity index (χ4v) is 3.30. The van der Waals surface area contributed by atoms with Crippen LogP contribution < -0.4 is 0 Å². The van der Waals surface area contributed by atoms with Gasteiger partial charge in [-0.25, -0.2) is 9.67 Å². The van der Waals surface area contributed by atoms with Gasteiger partial charge < -0.3 is 10.0 Å². The van der Waals surface area contributed by atoms with E-state index in [0.29, 0.717) is 6.04 Å². The summed E-state index contributed by atoms with van der Waals surface area (Å²) in [7, 11) is 2.17. The summed E-state index contributed by atoms with van der Waals surface area (Å²) in [6.45, 7) is 4.22. The standard InChI is InChI=1S/C18H27N5O/c1-21(10-5-13-24)16-8-11-22(12-9-16)14-18-19-15-23(20-18)17-6-3-2-4-7-17/h2-4,6-7,15-16,24H,5,8-14H2,1H3. The molecule has 1 N–H and O–H groups in total. The van der Waals surface area contributed by atoms with E-state index in [9.17, 15) is 0 Å². The highest BCUT2D eigenvalue weighted by molar-refractivity contribution is 5.29. The van der Waals surface area contributed by atoms with Crippen molar-refractivity contribution in [1.29, 1.82) is 0 Å². The molecule has 0 bridgehead atoms. The summed E-state index contributed by atoms with van der Waals surface area (Å²) in [4.78, 5) is 9.27. The smallest absolute Gasteiger partial charge is 0.164 e. The lowest BCUT2D eigenvalue weighted by Crippen LogP contribution is -2.43. The van der Waals surface area contributed by atoms with Crippen molar-refractivity contribution in [3.63, 3.8) is 0 Å². The van der Waals surface area contributed by atoms with Crippen molar-refractivity contribution < 1.29 is 5.11 Å². The largest absolute Gasteiger partial charge is 0.396 e. The fraction of sp³-hybridized carbons (Fsp3) is 0.556. The van der Waals surface area contributed by atoms with Crippen LogP contribution in [0, 0.1) is 0 Å². The van der Waals surface area contributed by atoms with Crippen molar-refractivity contribution in [3.8, 4) is 5.69 Å². The number of rotatable bonds is 7. The summed E-state index contributed by atoms with van der Waals surface area (Å²) >= 11 is 0. The molecular weight excluding hydrogens is 302 g/mol. The monoisotopic (exact) mass is 329 g/mol. The number of nitrogens with zero attached hydrogens (tertiary/aromatic N) is 5. The van der Waals surface area contributed by atoms with Crippen LogP contribution in [0.3, 0.4) is 0 Å². The van der Waals surface area contributed by atoms with Gasteiger partial charge in [-0.15, -0.1) is 5.10 Å². The predicted molar refractivity (Wildman–Crippen MR) is 94.0 cm³/mol. The number of hydrogen-bond acceptors (Lipinski definition) is 5. The Morgan fingerprint density at radius 3 is 2.67 bits per heavy atom. The summed E-state index contributed by atoms with van der Waals surface area (Å²) in [6, 6.07) is 10.7. The van der Waals surface area contributed by atoms with Crippen molar-refractivity contribution in [2.75, 3.05) is 33.3 Å². The van der Waals surface area contributed by atoms with Gasteiger partial charge in [-0.05, 0) is 38.4 Å². The second-order valence-electron chi connectivity index (χ2n) is 6.51. The first-order valence-corrected chi connectivity index (χ1v) is 8.75. The quantitative estimate of drug-likeness (QED) is 0.835. The lowest BCUT2D eigenvalue weighted by atomic mass is 10.0. The van der Waals surface area contributed by atoms with E-state index >= 15 is 0 Å². The van der Waals surface area contributed by atoms with Crippen LogP contribution in [0.1, 0.15) is 25.1 Å². The molecule has 1 aliphatic rings. The van der Waals surface area contributed by atoms with E-state index < -0.39 is 0 Å². The minimum atomic E-state index is 0.277. The maximum atomic E-state index is 8.95. The third-order valence-corrected chi connectivity index (χ3v) is 4.77. The number of aromatic nitrogens is 3. The molecule has 24 heavy (non-hydrogen) atoms. The summed E-state index contributed by atoms with van der Waals surface area (Å²) < 4.78 is 1.84. The van der Waals surface area contributed by atoms with E-state index in [-0.39, 0.29) is 6.61 Å². The maximum Gasteiger partial charge on any atom is 0.164 e. The molecule has 2 heterocycles. The van der Waals surface area contributed by atoms with E-state index in [1.807, 2.05) is 35.0 Å². The molecule has 1 saturated heterocycles. The number of para-hydroxylation sites is 1. The molecule has 0 spiro atoms. The zero-order valence-corrected chi connectivity index (χ0v) is 14.4. The van der Waals surface area contributed by atoms with Crippen LogP contribution in [0.25, 0.3) is 5.69 Å². The lowest BCUT2D eigenvalue weighted by Gasteiger charge is -2.36. The molecule has 1 aliphatic heterocycles. The molecule has 2 aromatic rings. The van der Waals surface area contributed by atoms with Crippen molar-refractivity contribution in [2.24, 2.45) is 0 Å². The van der Waals surface area contributed by atoms with E-state index in [1.165, 1.54) is 12.8 Å². The van der Waals surface area contributed by atoms with Gasteiger partial charge >= 0.3 is 0 Å². The van der Waals surface area contributed by atoms with Crippen LogP contribution in [0.5, 0.6) is 0 Å². The average Bonchev–Trinajstić information content (AvgIpc) is 3.09. The van der Waals surface area contributed by atoms with Gasteiger partial charge in [-0.3, -0.25) is 4.90 Å². The van der Waals surface area contributed by atoms with Gasteiger partial charge in [0.1, 0.15) is 6.33 Å². The fourth-order valence-electron chi connectivity index (χ4n) is 3.30. The Kier molecular flexibility index (Phi) is 5.96. The molecule has 0 unspecified atom stereocenters. The second-order valence-corrected chi connectivity index (χ2v) is 6.51. The third-order valence-electron chi connectivity index (χ3n) is 4.77. The SMILES string of the molecule is CN(CCCO)C1CCN(Cc2ncn(-c3ccccc3)n2)CC1. The molecule has 6 heteroatoms. The maximum absolute atomic E-state index is 8.95. The number of hydrogen-bond donors (Lipinski definition) is 1. The molecule has 0 radical (unpaired) electrons. The third kappa shape index (κ3) is 4.41. The first-order valence-electron chi connectivity index (χ1n) is 8.75. The summed E-state index contributed by atoms with van der Waals surface area (Å²) in [6.07, 6.45) is 4.99. The number of benzene rings is 1. The van der Waals surface area contributed by atoms with Gasteiger partial charge in [0.05, 0.1) is 12.2 Å². The summed E-state index contributed by atoms with van der Waals surface area (Å²) in [5, 5.41) is 13.5. The highest BCUT2D eigenvalue weighted by Crippen LogP contribution is 2.17. The van der Waals surface area contributed by atoms with Gasteiger partial charge in [-0.2, -0.15) is 0 Å². The Balaban J connectivity index is 1.49. The molecule has 130 valence electrons. The molecular formula is C18H27N5O. The average molecular weight is 329 g/mol. The van der Waals surface area contributed by atoms with E-state index in [2.05, 4.69) is 26.9 Å². The van der Waals surface area contributed by atoms with E-state index in [4.69, 9.17) is 5.11 Å². The van der Waals surface area contributed by atoms with Crippen molar-refractivity contribution in [1.82, 2.24) is 24.6 Å². The Labute approximate surface area is 143 Å². The minimum Gasteiger partial charge on any atom is -0.396 e. The zero-order valence-electron chi connectivity index (χ0n) is 14.4. The van der Waals surface area contributed by atoms with Gasteiger partial charge in [-0.1, -0.05) is 18.2 Å². The summed E-state index contributed by atoms with van der Waals surface area (Å²) in [5.74, 6) is 0.880. The molecule has 3 rings (SSSR count). The molecule has 1 aromatic heterocycles.